The fourth-order valence-electron chi connectivity index (χ4n) is 6.44. The topological polar surface area (TPSA) is 36.9 Å². The molecule has 6 aromatic rings. The molecule has 9 heteroatoms. The molecule has 53 heavy (non-hydrogen) atoms. The molecule has 0 radical (unpaired) electrons. The van der Waals surface area contributed by atoms with Gasteiger partial charge in [-0.15, -0.1) is 13.2 Å². The van der Waals surface area contributed by atoms with E-state index >= 15 is 0 Å². The molecule has 0 saturated carbocycles. The van der Waals surface area contributed by atoms with Crippen molar-refractivity contribution in [1.29, 1.82) is 0 Å². The van der Waals surface area contributed by atoms with E-state index in [1.54, 1.807) is 0 Å². The molecule has 0 unspecified atom stereocenters. The largest absolute Gasteiger partial charge is 0.426 e. The summed E-state index contributed by atoms with van der Waals surface area (Å²) < 4.78 is 31.9. The Morgan fingerprint density at radius 3 is 0.642 bits per heavy atom. The summed E-state index contributed by atoms with van der Waals surface area (Å²) in [4.78, 5) is 0. The zero-order valence-corrected chi connectivity index (χ0v) is 36.0. The number of rotatable bonds is 16. The van der Waals surface area contributed by atoms with Crippen molar-refractivity contribution >= 4 is 73.4 Å². The summed E-state index contributed by atoms with van der Waals surface area (Å²) in [6.07, 6.45) is 0. The smallest absolute Gasteiger partial charge is 0.390 e. The molecule has 0 saturated heterocycles. The van der Waals surface area contributed by atoms with Gasteiger partial charge >= 0.3 is 25.7 Å². The van der Waals surface area contributed by atoms with Crippen molar-refractivity contribution in [2.75, 3.05) is 0 Å². The summed E-state index contributed by atoms with van der Waals surface area (Å²) in [7, 11) is -16.4. The van der Waals surface area contributed by atoms with Gasteiger partial charge in [0.25, 0.3) is 0 Å². The summed E-state index contributed by atoms with van der Waals surface area (Å²) in [6.45, 7) is 17.3. The minimum atomic E-state index is -3.93. The Kier molecular flexibility index (Phi) is 11.9. The standard InChI is InChI=1S/C44H48O4Si5/c1-7-49(3,4)45-51(39-27-15-9-16-28-39,40-29-17-10-18-30-40)47-53(43-35-23-13-24-36-43,44-37-25-14-26-38-44)48-52(46-50(5,6)8-2,41-31-19-11-20-32-41)42-33-21-12-22-34-42/h7-38H,1-2H2,3-6H3. The second kappa shape index (κ2) is 16.4. The van der Waals surface area contributed by atoms with Crippen molar-refractivity contribution in [3.63, 3.8) is 0 Å². The SMILES string of the molecule is C=C[Si](C)(C)O[Si](O[Si](O[Si](O[Si](C)(C)C=C)(c1ccccc1)c1ccccc1)(c1ccccc1)c1ccccc1)(c1ccccc1)c1ccccc1. The normalized spacial score (nSPS) is 12.6. The first kappa shape index (κ1) is 38.4. The third-order valence-electron chi connectivity index (χ3n) is 9.29. The van der Waals surface area contributed by atoms with Crippen molar-refractivity contribution in [2.45, 2.75) is 26.2 Å². The van der Waals surface area contributed by atoms with Crippen LogP contribution in [0.2, 0.25) is 26.2 Å². The van der Waals surface area contributed by atoms with E-state index in [1.807, 2.05) is 47.8 Å². The van der Waals surface area contributed by atoms with Crippen LogP contribution in [0.15, 0.2) is 207 Å². The molecule has 268 valence electrons. The average Bonchev–Trinajstić information content (AvgIpc) is 3.22. The fourth-order valence-corrected chi connectivity index (χ4v) is 28.3. The number of hydrogen-bond donors (Lipinski definition) is 0. The minimum absolute atomic E-state index is 0.960. The molecule has 0 aliphatic rings. The molecule has 0 bridgehead atoms. The van der Waals surface area contributed by atoms with Gasteiger partial charge in [0.2, 0.25) is 16.6 Å². The molecule has 0 spiro atoms. The predicted molar refractivity (Wildman–Crippen MR) is 233 cm³/mol. The molecule has 6 rings (SSSR count). The van der Waals surface area contributed by atoms with Crippen LogP contribution in [0.4, 0.5) is 0 Å². The van der Waals surface area contributed by atoms with Crippen LogP contribution in [0.1, 0.15) is 0 Å². The Morgan fingerprint density at radius 2 is 0.472 bits per heavy atom. The van der Waals surface area contributed by atoms with Crippen molar-refractivity contribution < 1.29 is 16.5 Å². The molecule has 0 aliphatic heterocycles. The van der Waals surface area contributed by atoms with Gasteiger partial charge in [0.05, 0.1) is 0 Å². The highest BCUT2D eigenvalue weighted by molar-refractivity contribution is 7.12. The van der Waals surface area contributed by atoms with E-state index in [9.17, 15) is 0 Å². The zero-order valence-electron chi connectivity index (χ0n) is 31.0. The highest BCUT2D eigenvalue weighted by Gasteiger charge is 2.61. The van der Waals surface area contributed by atoms with E-state index in [0.29, 0.717) is 0 Å². The molecule has 0 N–H and O–H groups in total. The van der Waals surface area contributed by atoms with Gasteiger partial charge in [-0.1, -0.05) is 193 Å². The summed E-state index contributed by atoms with van der Waals surface area (Å²) >= 11 is 0. The first-order valence-electron chi connectivity index (χ1n) is 18.0. The molecule has 0 fully saturated rings. The van der Waals surface area contributed by atoms with Gasteiger partial charge in [0.1, 0.15) is 0 Å². The first-order valence-corrected chi connectivity index (χ1v) is 29.4. The lowest BCUT2D eigenvalue weighted by molar-refractivity contribution is 0.327. The van der Waals surface area contributed by atoms with Gasteiger partial charge in [-0.25, -0.2) is 0 Å². The Morgan fingerprint density at radius 1 is 0.302 bits per heavy atom. The van der Waals surface area contributed by atoms with Crippen molar-refractivity contribution in [1.82, 2.24) is 0 Å². The van der Waals surface area contributed by atoms with Crippen LogP contribution in [0.3, 0.4) is 0 Å². The van der Waals surface area contributed by atoms with Crippen molar-refractivity contribution in [3.05, 3.63) is 207 Å². The second-order valence-corrected chi connectivity index (χ2v) is 31.7. The molecule has 0 atom stereocenters. The molecule has 0 aliphatic carbocycles. The molecule has 0 amide bonds. The summed E-state index contributed by atoms with van der Waals surface area (Å²) in [5, 5.41) is 5.90. The molecule has 0 aromatic heterocycles. The third-order valence-corrected chi connectivity index (χ3v) is 28.9. The molecular weight excluding hydrogens is 733 g/mol. The molecule has 0 heterocycles. The lowest BCUT2D eigenvalue weighted by Crippen LogP contribution is -2.81. The molecule has 6 aromatic carbocycles. The van der Waals surface area contributed by atoms with Crippen LogP contribution >= 0.6 is 0 Å². The van der Waals surface area contributed by atoms with E-state index in [1.165, 1.54) is 0 Å². The Hall–Kier alpha value is -4.28. The Labute approximate surface area is 321 Å². The monoisotopic (exact) mass is 780 g/mol. The van der Waals surface area contributed by atoms with Gasteiger partial charge < -0.3 is 16.5 Å². The van der Waals surface area contributed by atoms with Gasteiger partial charge in [-0.05, 0) is 57.3 Å². The van der Waals surface area contributed by atoms with E-state index in [4.69, 9.17) is 16.5 Å². The Bertz CT molecular complexity index is 1830. The van der Waals surface area contributed by atoms with Crippen molar-refractivity contribution in [3.8, 4) is 0 Å². The van der Waals surface area contributed by atoms with E-state index in [2.05, 4.69) is 185 Å². The maximum atomic E-state index is 8.32. The Balaban J connectivity index is 1.78. The highest BCUT2D eigenvalue weighted by Crippen LogP contribution is 2.28. The van der Waals surface area contributed by atoms with Gasteiger partial charge in [0, 0.05) is 0 Å². The summed E-state index contributed by atoms with van der Waals surface area (Å²) in [5.41, 5.74) is 3.99. The van der Waals surface area contributed by atoms with Crippen LogP contribution in [-0.4, -0.2) is 42.3 Å². The maximum Gasteiger partial charge on any atom is 0.390 e. The van der Waals surface area contributed by atoms with Gasteiger partial charge in [-0.2, -0.15) is 0 Å². The van der Waals surface area contributed by atoms with Crippen LogP contribution in [0.25, 0.3) is 0 Å². The van der Waals surface area contributed by atoms with Crippen LogP contribution in [-0.2, 0) is 16.5 Å². The lowest BCUT2D eigenvalue weighted by Gasteiger charge is -2.48. The van der Waals surface area contributed by atoms with Gasteiger partial charge in [-0.3, -0.25) is 0 Å². The van der Waals surface area contributed by atoms with Crippen molar-refractivity contribution in [2.24, 2.45) is 0 Å². The molecular formula is C44H48O4Si5. The van der Waals surface area contributed by atoms with Crippen LogP contribution in [0, 0.1) is 0 Å². The average molecular weight is 781 g/mol. The maximum absolute atomic E-state index is 8.32. The fraction of sp³-hybridized carbons (Fsp3) is 0.0909. The predicted octanol–water partition coefficient (Wildman–Crippen LogP) is 6.68. The highest BCUT2D eigenvalue weighted by atomic mass is 28.5. The summed E-state index contributed by atoms with van der Waals surface area (Å²) in [5.74, 6) is 0. The van der Waals surface area contributed by atoms with Gasteiger partial charge in [0.15, 0.2) is 0 Å². The van der Waals surface area contributed by atoms with E-state index in [0.717, 1.165) is 31.1 Å². The van der Waals surface area contributed by atoms with E-state index in [-0.39, 0.29) is 0 Å². The molecule has 4 nitrogen and oxygen atoms in total. The van der Waals surface area contributed by atoms with Crippen LogP contribution in [0.5, 0.6) is 0 Å². The number of hydrogen-bond acceptors (Lipinski definition) is 4. The summed E-state index contributed by atoms with van der Waals surface area (Å²) in [6, 6.07) is 62.8. The minimum Gasteiger partial charge on any atom is -0.426 e. The van der Waals surface area contributed by atoms with E-state index < -0.39 is 42.3 Å². The first-order chi connectivity index (χ1) is 25.6. The lowest BCUT2D eigenvalue weighted by atomic mass is 10.4. The number of benzene rings is 6. The van der Waals surface area contributed by atoms with Crippen LogP contribution < -0.4 is 31.1 Å². The second-order valence-electron chi connectivity index (χ2n) is 14.1. The zero-order chi connectivity index (χ0) is 37.4. The quantitative estimate of drug-likeness (QED) is 0.103. The third kappa shape index (κ3) is 8.29.